The number of carbonyl (C=O) groups is 1. The van der Waals surface area contributed by atoms with Gasteiger partial charge in [0.25, 0.3) is 0 Å². The van der Waals surface area contributed by atoms with E-state index < -0.39 is 6.10 Å². The van der Waals surface area contributed by atoms with Gasteiger partial charge in [-0.1, -0.05) is 0 Å². The van der Waals surface area contributed by atoms with E-state index in [1.54, 1.807) is 7.11 Å². The smallest absolute Gasteiger partial charge is 0.226 e. The predicted molar refractivity (Wildman–Crippen MR) is 69.6 cm³/mol. The number of aliphatic hydroxyl groups is 1. The molecule has 1 aliphatic rings. The van der Waals surface area contributed by atoms with E-state index in [1.165, 1.54) is 0 Å². The molecule has 1 fully saturated rings. The number of carbonyl (C=O) groups excluding carboxylic acids is 1. The minimum atomic E-state index is -0.526. The van der Waals surface area contributed by atoms with Gasteiger partial charge < -0.3 is 19.6 Å². The van der Waals surface area contributed by atoms with E-state index in [-0.39, 0.29) is 17.9 Å². The number of amides is 1. The molecule has 0 saturated heterocycles. The summed E-state index contributed by atoms with van der Waals surface area (Å²) in [5, 5.41) is 12.7. The summed E-state index contributed by atoms with van der Waals surface area (Å²) in [6, 6.07) is 3.39. The lowest BCUT2D eigenvalue weighted by atomic mass is 10.0. The molecule has 0 aliphatic heterocycles. The van der Waals surface area contributed by atoms with Crippen molar-refractivity contribution in [1.29, 1.82) is 0 Å². The predicted octanol–water partition coefficient (Wildman–Crippen LogP) is 1.55. The van der Waals surface area contributed by atoms with Gasteiger partial charge in [-0.3, -0.25) is 4.79 Å². The molecular formula is C14H21NO4. The van der Waals surface area contributed by atoms with Crippen LogP contribution in [0.5, 0.6) is 0 Å². The van der Waals surface area contributed by atoms with Crippen molar-refractivity contribution in [1.82, 2.24) is 5.32 Å². The fourth-order valence-electron chi connectivity index (χ4n) is 2.53. The zero-order valence-corrected chi connectivity index (χ0v) is 11.4. The lowest BCUT2D eigenvalue weighted by Gasteiger charge is -2.20. The van der Waals surface area contributed by atoms with Crippen LogP contribution in [0.4, 0.5) is 0 Å². The van der Waals surface area contributed by atoms with Crippen molar-refractivity contribution in [3.8, 4) is 0 Å². The van der Waals surface area contributed by atoms with E-state index in [4.69, 9.17) is 9.15 Å². The summed E-state index contributed by atoms with van der Waals surface area (Å²) < 4.78 is 10.7. The summed E-state index contributed by atoms with van der Waals surface area (Å²) in [4.78, 5) is 12.2. The molecule has 1 saturated carbocycles. The van der Waals surface area contributed by atoms with Gasteiger partial charge in [0, 0.05) is 7.11 Å². The first-order chi connectivity index (χ1) is 9.11. The normalized spacial score (nSPS) is 24.4. The van der Waals surface area contributed by atoms with Crippen LogP contribution in [-0.4, -0.2) is 30.8 Å². The molecule has 3 unspecified atom stereocenters. The molecule has 1 amide bonds. The summed E-state index contributed by atoms with van der Waals surface area (Å²) in [6.45, 7) is 2.21. The molecule has 0 radical (unpaired) electrons. The highest BCUT2D eigenvalue weighted by molar-refractivity contribution is 5.80. The molecule has 1 aromatic rings. The summed E-state index contributed by atoms with van der Waals surface area (Å²) >= 11 is 0. The highest BCUT2D eigenvalue weighted by Crippen LogP contribution is 2.27. The van der Waals surface area contributed by atoms with Gasteiger partial charge in [-0.05, 0) is 38.3 Å². The van der Waals surface area contributed by atoms with Crippen molar-refractivity contribution in [2.24, 2.45) is 5.92 Å². The number of rotatable bonds is 5. The molecule has 2 N–H and O–H groups in total. The first-order valence-corrected chi connectivity index (χ1v) is 6.65. The second kappa shape index (κ2) is 6.21. The van der Waals surface area contributed by atoms with Gasteiger partial charge in [0.2, 0.25) is 5.91 Å². The Morgan fingerprint density at radius 1 is 1.58 bits per heavy atom. The second-order valence-electron chi connectivity index (χ2n) is 5.07. The maximum Gasteiger partial charge on any atom is 0.226 e. The average molecular weight is 267 g/mol. The number of hydrogen-bond acceptors (Lipinski definition) is 4. The highest BCUT2D eigenvalue weighted by Gasteiger charge is 2.33. The molecule has 5 nitrogen and oxygen atoms in total. The third kappa shape index (κ3) is 3.36. The molecule has 19 heavy (non-hydrogen) atoms. The minimum absolute atomic E-state index is 0.124. The molecule has 3 atom stereocenters. The maximum absolute atomic E-state index is 12.2. The molecular weight excluding hydrogens is 246 g/mol. The van der Waals surface area contributed by atoms with E-state index in [1.807, 2.05) is 19.1 Å². The minimum Gasteiger partial charge on any atom is -0.464 e. The lowest BCUT2D eigenvalue weighted by molar-refractivity contribution is -0.128. The van der Waals surface area contributed by atoms with Crippen LogP contribution in [0.15, 0.2) is 16.5 Å². The van der Waals surface area contributed by atoms with E-state index in [0.29, 0.717) is 18.8 Å². The van der Waals surface area contributed by atoms with Gasteiger partial charge in [-0.15, -0.1) is 0 Å². The monoisotopic (exact) mass is 267 g/mol. The largest absolute Gasteiger partial charge is 0.464 e. The fraction of sp³-hybridized carbons (Fsp3) is 0.643. The SMILES string of the molecule is COCC(NC(=O)C1CCCC1O)c1ccc(C)o1. The van der Waals surface area contributed by atoms with E-state index in [9.17, 15) is 9.90 Å². The maximum atomic E-state index is 12.2. The van der Waals surface area contributed by atoms with Crippen molar-refractivity contribution < 1.29 is 19.1 Å². The molecule has 2 rings (SSSR count). The third-order valence-corrected chi connectivity index (χ3v) is 3.57. The van der Waals surface area contributed by atoms with Crippen LogP contribution in [-0.2, 0) is 9.53 Å². The van der Waals surface area contributed by atoms with Gasteiger partial charge in [0.15, 0.2) is 0 Å². The second-order valence-corrected chi connectivity index (χ2v) is 5.07. The van der Waals surface area contributed by atoms with Crippen LogP contribution in [0.25, 0.3) is 0 Å². The molecule has 0 aromatic carbocycles. The Morgan fingerprint density at radius 2 is 2.37 bits per heavy atom. The summed E-state index contributed by atoms with van der Waals surface area (Å²) in [5.74, 6) is 1.04. The number of ether oxygens (including phenoxy) is 1. The molecule has 0 spiro atoms. The molecule has 5 heteroatoms. The molecule has 1 heterocycles. The summed E-state index contributed by atoms with van der Waals surface area (Å²) in [6.07, 6.45) is 1.81. The van der Waals surface area contributed by atoms with Crippen molar-refractivity contribution in [3.05, 3.63) is 23.7 Å². The number of nitrogens with one attached hydrogen (secondary N) is 1. The van der Waals surface area contributed by atoms with Crippen molar-refractivity contribution in [2.45, 2.75) is 38.3 Å². The fourth-order valence-corrected chi connectivity index (χ4v) is 2.53. The summed E-state index contributed by atoms with van der Waals surface area (Å²) in [5.41, 5.74) is 0. The van der Waals surface area contributed by atoms with Crippen LogP contribution in [0, 0.1) is 12.8 Å². The Hall–Kier alpha value is -1.33. The molecule has 106 valence electrons. The van der Waals surface area contributed by atoms with Crippen LogP contribution < -0.4 is 5.32 Å². The number of furan rings is 1. The number of aliphatic hydroxyl groups excluding tert-OH is 1. The Labute approximate surface area is 112 Å². The standard InChI is InChI=1S/C14H21NO4/c1-9-6-7-13(19-9)11(8-18-2)15-14(17)10-4-3-5-12(10)16/h6-7,10-12,16H,3-5,8H2,1-2H3,(H,15,17). The van der Waals surface area contributed by atoms with Crippen LogP contribution >= 0.6 is 0 Å². The highest BCUT2D eigenvalue weighted by atomic mass is 16.5. The van der Waals surface area contributed by atoms with E-state index in [0.717, 1.165) is 18.6 Å². The van der Waals surface area contributed by atoms with E-state index >= 15 is 0 Å². The zero-order chi connectivity index (χ0) is 13.8. The molecule has 1 aromatic heterocycles. The third-order valence-electron chi connectivity index (χ3n) is 3.57. The van der Waals surface area contributed by atoms with Crippen molar-refractivity contribution >= 4 is 5.91 Å². The Kier molecular flexibility index (Phi) is 4.61. The topological polar surface area (TPSA) is 71.7 Å². The Balaban J connectivity index is 2.02. The first-order valence-electron chi connectivity index (χ1n) is 6.65. The Morgan fingerprint density at radius 3 is 2.89 bits per heavy atom. The average Bonchev–Trinajstić information content (AvgIpc) is 2.97. The van der Waals surface area contributed by atoms with Gasteiger partial charge >= 0.3 is 0 Å². The van der Waals surface area contributed by atoms with Crippen LogP contribution in [0.3, 0.4) is 0 Å². The molecule has 0 bridgehead atoms. The summed E-state index contributed by atoms with van der Waals surface area (Å²) in [7, 11) is 1.58. The van der Waals surface area contributed by atoms with Crippen molar-refractivity contribution in [2.75, 3.05) is 13.7 Å². The van der Waals surface area contributed by atoms with E-state index in [2.05, 4.69) is 5.32 Å². The van der Waals surface area contributed by atoms with Gasteiger partial charge in [-0.2, -0.15) is 0 Å². The first kappa shape index (κ1) is 14.1. The zero-order valence-electron chi connectivity index (χ0n) is 11.4. The van der Waals surface area contributed by atoms with Crippen LogP contribution in [0.1, 0.15) is 36.8 Å². The number of methoxy groups -OCH3 is 1. The number of aryl methyl sites for hydroxylation is 1. The van der Waals surface area contributed by atoms with Gasteiger partial charge in [0.1, 0.15) is 17.6 Å². The molecule has 1 aliphatic carbocycles. The number of hydrogen-bond donors (Lipinski definition) is 2. The van der Waals surface area contributed by atoms with Crippen LogP contribution in [0.2, 0.25) is 0 Å². The lowest BCUT2D eigenvalue weighted by Crippen LogP contribution is -2.38. The van der Waals surface area contributed by atoms with Crippen molar-refractivity contribution in [3.63, 3.8) is 0 Å². The quantitative estimate of drug-likeness (QED) is 0.849. The Bertz CT molecular complexity index is 429. The van der Waals surface area contributed by atoms with Gasteiger partial charge in [-0.25, -0.2) is 0 Å². The van der Waals surface area contributed by atoms with Gasteiger partial charge in [0.05, 0.1) is 18.6 Å².